The van der Waals surface area contributed by atoms with Crippen molar-refractivity contribution in [3.05, 3.63) is 0 Å². The molecule has 0 rings (SSSR count). The Morgan fingerprint density at radius 2 is 0.917 bits per heavy atom. The van der Waals surface area contributed by atoms with Crippen molar-refractivity contribution in [2.75, 3.05) is 20.6 Å². The predicted molar refractivity (Wildman–Crippen MR) is 112 cm³/mol. The van der Waals surface area contributed by atoms with Gasteiger partial charge in [-0.05, 0) is 32.6 Å². The molecule has 0 aliphatic carbocycles. The molecule has 0 saturated carbocycles. The first kappa shape index (κ1) is 24.0. The van der Waals surface area contributed by atoms with Gasteiger partial charge in [0.15, 0.2) is 0 Å². The van der Waals surface area contributed by atoms with Gasteiger partial charge in [-0.2, -0.15) is 0 Å². The van der Waals surface area contributed by atoms with Gasteiger partial charge in [-0.25, -0.2) is 0 Å². The summed E-state index contributed by atoms with van der Waals surface area (Å²) in [5, 5.41) is 0. The van der Waals surface area contributed by atoms with Gasteiger partial charge in [0.2, 0.25) is 0 Å². The maximum absolute atomic E-state index is 2.47. The first-order chi connectivity index (χ1) is 11.5. The summed E-state index contributed by atoms with van der Waals surface area (Å²) in [5.41, 5.74) is 0. The maximum Gasteiger partial charge on any atom is 0.0857 e. The van der Waals surface area contributed by atoms with Crippen LogP contribution in [0.15, 0.2) is 0 Å². The number of hydrogen-bond donors (Lipinski definition) is 0. The van der Waals surface area contributed by atoms with E-state index in [4.69, 9.17) is 0 Å². The highest BCUT2D eigenvalue weighted by atomic mass is 15.3. The largest absolute Gasteiger partial charge is 0.326 e. The van der Waals surface area contributed by atoms with E-state index in [1.165, 1.54) is 114 Å². The van der Waals surface area contributed by atoms with Crippen molar-refractivity contribution in [1.29, 1.82) is 0 Å². The van der Waals surface area contributed by atoms with Gasteiger partial charge < -0.3 is 4.48 Å². The number of unbranched alkanes of at least 4 members (excludes halogenated alkanes) is 13. The molecule has 0 aromatic carbocycles. The topological polar surface area (TPSA) is 0 Å². The Bertz CT molecular complexity index is 246. The monoisotopic (exact) mass is 340 g/mol. The first-order valence-corrected chi connectivity index (χ1v) is 11.4. The van der Waals surface area contributed by atoms with Crippen LogP contribution in [0.2, 0.25) is 0 Å². The first-order valence-electron chi connectivity index (χ1n) is 11.4. The van der Waals surface area contributed by atoms with Gasteiger partial charge >= 0.3 is 0 Å². The molecule has 0 heterocycles. The third kappa shape index (κ3) is 14.3. The van der Waals surface area contributed by atoms with Gasteiger partial charge in [-0.15, -0.1) is 0 Å². The Morgan fingerprint density at radius 1 is 0.542 bits per heavy atom. The van der Waals surface area contributed by atoms with E-state index in [9.17, 15) is 0 Å². The highest BCUT2D eigenvalue weighted by Crippen LogP contribution is 2.18. The number of nitrogens with zero attached hydrogens (tertiary/aromatic N) is 1. The lowest BCUT2D eigenvalue weighted by Gasteiger charge is -2.36. The quantitative estimate of drug-likeness (QED) is 0.177. The molecular formula is C23H50N+. The van der Waals surface area contributed by atoms with Crippen LogP contribution in [-0.4, -0.2) is 31.2 Å². The van der Waals surface area contributed by atoms with E-state index in [-0.39, 0.29) is 0 Å². The lowest BCUT2D eigenvalue weighted by Crippen LogP contribution is -2.47. The Kier molecular flexibility index (Phi) is 16.4. The van der Waals surface area contributed by atoms with E-state index in [2.05, 4.69) is 34.9 Å². The van der Waals surface area contributed by atoms with Crippen LogP contribution in [0.5, 0.6) is 0 Å². The molecule has 0 spiro atoms. The van der Waals surface area contributed by atoms with Gasteiger partial charge in [-0.3, -0.25) is 0 Å². The number of rotatable bonds is 18. The van der Waals surface area contributed by atoms with E-state index in [0.717, 1.165) is 6.04 Å². The molecule has 0 radical (unpaired) electrons. The molecule has 1 nitrogen and oxygen atoms in total. The minimum absolute atomic E-state index is 0.824. The smallest absolute Gasteiger partial charge is 0.0857 e. The van der Waals surface area contributed by atoms with Crippen LogP contribution in [-0.2, 0) is 0 Å². The van der Waals surface area contributed by atoms with Crippen molar-refractivity contribution in [2.45, 2.75) is 130 Å². The fourth-order valence-electron chi connectivity index (χ4n) is 3.62. The van der Waals surface area contributed by atoms with Crippen LogP contribution in [0.3, 0.4) is 0 Å². The minimum Gasteiger partial charge on any atom is -0.326 e. The summed E-state index contributed by atoms with van der Waals surface area (Å²) in [6, 6.07) is 0.824. The van der Waals surface area contributed by atoms with Crippen LogP contribution in [0.25, 0.3) is 0 Å². The average Bonchev–Trinajstić information content (AvgIpc) is 2.56. The Morgan fingerprint density at radius 3 is 1.38 bits per heavy atom. The van der Waals surface area contributed by atoms with Crippen molar-refractivity contribution in [2.24, 2.45) is 0 Å². The zero-order chi connectivity index (χ0) is 18.1. The van der Waals surface area contributed by atoms with Crippen molar-refractivity contribution in [3.8, 4) is 0 Å². The fraction of sp³-hybridized carbons (Fsp3) is 1.00. The molecule has 0 aromatic rings. The minimum atomic E-state index is 0.824. The summed E-state index contributed by atoms with van der Waals surface area (Å²) in [5.74, 6) is 0. The van der Waals surface area contributed by atoms with Crippen molar-refractivity contribution in [1.82, 2.24) is 0 Å². The molecule has 1 atom stereocenters. The second-order valence-corrected chi connectivity index (χ2v) is 8.74. The van der Waals surface area contributed by atoms with Crippen molar-refractivity contribution in [3.63, 3.8) is 0 Å². The molecule has 0 N–H and O–H groups in total. The van der Waals surface area contributed by atoms with Crippen LogP contribution in [0, 0.1) is 0 Å². The zero-order valence-corrected chi connectivity index (χ0v) is 18.0. The molecule has 0 fully saturated rings. The van der Waals surface area contributed by atoms with E-state index < -0.39 is 0 Å². The molecule has 0 amide bonds. The van der Waals surface area contributed by atoms with E-state index >= 15 is 0 Å². The third-order valence-electron chi connectivity index (χ3n) is 6.01. The van der Waals surface area contributed by atoms with Gasteiger partial charge in [0.25, 0.3) is 0 Å². The summed E-state index contributed by atoms with van der Waals surface area (Å²) >= 11 is 0. The fourth-order valence-corrected chi connectivity index (χ4v) is 3.62. The molecule has 24 heavy (non-hydrogen) atoms. The summed E-state index contributed by atoms with van der Waals surface area (Å²) < 4.78 is 1.23. The molecule has 0 aliphatic heterocycles. The van der Waals surface area contributed by atoms with Gasteiger partial charge in [0.1, 0.15) is 0 Å². The normalized spacial score (nSPS) is 13.4. The SMILES string of the molecule is CCCCCCCCCC[N+](C)(C)C(C)CCCCCCCCC. The lowest BCUT2D eigenvalue weighted by molar-refractivity contribution is -0.913. The molecule has 0 saturated heterocycles. The second kappa shape index (κ2) is 16.4. The molecule has 0 aliphatic rings. The number of hydrogen-bond acceptors (Lipinski definition) is 0. The summed E-state index contributed by atoms with van der Waals surface area (Å²) in [4.78, 5) is 0. The summed E-state index contributed by atoms with van der Waals surface area (Å²) in [7, 11) is 4.90. The molecular weight excluding hydrogens is 290 g/mol. The van der Waals surface area contributed by atoms with E-state index in [1.54, 1.807) is 0 Å². The van der Waals surface area contributed by atoms with Crippen LogP contribution in [0.1, 0.15) is 124 Å². The van der Waals surface area contributed by atoms with Gasteiger partial charge in [0.05, 0.1) is 26.7 Å². The van der Waals surface area contributed by atoms with Crippen molar-refractivity contribution < 1.29 is 4.48 Å². The number of quaternary nitrogens is 1. The highest BCUT2D eigenvalue weighted by Gasteiger charge is 2.22. The van der Waals surface area contributed by atoms with Gasteiger partial charge in [0, 0.05) is 0 Å². The highest BCUT2D eigenvalue weighted by molar-refractivity contribution is 4.55. The molecule has 1 heteroatoms. The van der Waals surface area contributed by atoms with E-state index in [1.807, 2.05) is 0 Å². The zero-order valence-electron chi connectivity index (χ0n) is 18.0. The molecule has 1 unspecified atom stereocenters. The van der Waals surface area contributed by atoms with Crippen LogP contribution >= 0.6 is 0 Å². The standard InChI is InChI=1S/C23H50N/c1-6-8-10-12-14-16-18-20-22-24(4,5)23(3)21-19-17-15-13-11-9-7-2/h23H,6-22H2,1-5H3/q+1. The second-order valence-electron chi connectivity index (χ2n) is 8.74. The van der Waals surface area contributed by atoms with Gasteiger partial charge in [-0.1, -0.05) is 90.9 Å². The lowest BCUT2D eigenvalue weighted by atomic mass is 10.0. The summed E-state index contributed by atoms with van der Waals surface area (Å²) in [6.07, 6.45) is 22.9. The third-order valence-corrected chi connectivity index (χ3v) is 6.01. The van der Waals surface area contributed by atoms with Crippen LogP contribution in [0.4, 0.5) is 0 Å². The van der Waals surface area contributed by atoms with Crippen LogP contribution < -0.4 is 0 Å². The Hall–Kier alpha value is -0.0400. The maximum atomic E-state index is 2.47. The van der Waals surface area contributed by atoms with E-state index in [0.29, 0.717) is 0 Å². The molecule has 0 bridgehead atoms. The Labute approximate surface area is 155 Å². The van der Waals surface area contributed by atoms with Crippen molar-refractivity contribution >= 4 is 0 Å². The molecule has 0 aromatic heterocycles. The average molecular weight is 341 g/mol. The Balaban J connectivity index is 3.55. The summed E-state index contributed by atoms with van der Waals surface area (Å²) in [6.45, 7) is 8.44. The molecule has 146 valence electrons. The predicted octanol–water partition coefficient (Wildman–Crippen LogP) is 7.73.